The first-order valence-electron chi connectivity index (χ1n) is 10.5. The summed E-state index contributed by atoms with van der Waals surface area (Å²) >= 11 is 0. The fourth-order valence-corrected chi connectivity index (χ4v) is 4.57. The summed E-state index contributed by atoms with van der Waals surface area (Å²) in [6.07, 6.45) is -1.46. The molecule has 1 amide bonds. The summed E-state index contributed by atoms with van der Waals surface area (Å²) in [6, 6.07) is 15.0. The number of hydrogen-bond acceptors (Lipinski definition) is 4. The van der Waals surface area contributed by atoms with Gasteiger partial charge in [-0.15, -0.1) is 0 Å². The molecule has 0 unspecified atom stereocenters. The molecule has 170 valence electrons. The quantitative estimate of drug-likeness (QED) is 0.580. The Morgan fingerprint density at radius 1 is 0.970 bits per heavy atom. The number of amides is 1. The molecule has 1 N–H and O–H groups in total. The first-order valence-corrected chi connectivity index (χ1v) is 10.5. The van der Waals surface area contributed by atoms with Crippen LogP contribution in [-0.2, 0) is 9.47 Å². The molecular formula is C25H20F3NO4. The van der Waals surface area contributed by atoms with E-state index in [0.717, 1.165) is 34.4 Å². The number of morpholine rings is 1. The summed E-state index contributed by atoms with van der Waals surface area (Å²) in [5.74, 6) is -4.34. The van der Waals surface area contributed by atoms with Gasteiger partial charge in [-0.3, -0.25) is 4.90 Å². The van der Waals surface area contributed by atoms with E-state index in [9.17, 15) is 23.1 Å². The van der Waals surface area contributed by atoms with E-state index in [1.54, 1.807) is 0 Å². The molecule has 1 aliphatic heterocycles. The molecule has 1 fully saturated rings. The molecule has 0 saturated carbocycles. The first-order chi connectivity index (χ1) is 16.0. The summed E-state index contributed by atoms with van der Waals surface area (Å²) < 4.78 is 52.7. The van der Waals surface area contributed by atoms with Gasteiger partial charge >= 0.3 is 6.09 Å². The fraction of sp³-hybridized carbons (Fsp3) is 0.240. The Labute approximate surface area is 188 Å². The molecule has 1 saturated heterocycles. The Bertz CT molecular complexity index is 1150. The van der Waals surface area contributed by atoms with Crippen LogP contribution >= 0.6 is 0 Å². The molecule has 5 nitrogen and oxygen atoms in total. The monoisotopic (exact) mass is 455 g/mol. The highest BCUT2D eigenvalue weighted by Crippen LogP contribution is 2.45. The third kappa shape index (κ3) is 3.65. The summed E-state index contributed by atoms with van der Waals surface area (Å²) in [7, 11) is 0. The second-order valence-electron chi connectivity index (χ2n) is 8.03. The highest BCUT2D eigenvalue weighted by atomic mass is 19.2. The molecule has 33 heavy (non-hydrogen) atoms. The number of carbonyl (C=O) groups is 1. The van der Waals surface area contributed by atoms with Gasteiger partial charge in [0, 0.05) is 11.1 Å². The molecule has 0 radical (unpaired) electrons. The molecule has 2 atom stereocenters. The Hall–Kier alpha value is -3.36. The maximum absolute atomic E-state index is 13.9. The maximum Gasteiger partial charge on any atom is 0.411 e. The third-order valence-corrected chi connectivity index (χ3v) is 6.12. The number of halogens is 3. The average Bonchev–Trinajstić information content (AvgIpc) is 3.15. The molecular weight excluding hydrogens is 435 g/mol. The normalized spacial score (nSPS) is 19.8. The number of hydrogen-bond donors (Lipinski definition) is 1. The third-order valence-electron chi connectivity index (χ3n) is 6.12. The molecule has 0 bridgehead atoms. The van der Waals surface area contributed by atoms with E-state index in [1.165, 1.54) is 4.90 Å². The van der Waals surface area contributed by atoms with Gasteiger partial charge in [-0.2, -0.15) is 0 Å². The van der Waals surface area contributed by atoms with Crippen LogP contribution in [0.25, 0.3) is 11.1 Å². The van der Waals surface area contributed by atoms with Crippen molar-refractivity contribution in [3.63, 3.8) is 0 Å². The molecule has 0 spiro atoms. The second-order valence-corrected chi connectivity index (χ2v) is 8.03. The van der Waals surface area contributed by atoms with Crippen molar-refractivity contribution in [3.05, 3.63) is 94.8 Å². The smallest absolute Gasteiger partial charge is 0.411 e. The zero-order valence-electron chi connectivity index (χ0n) is 17.4. The molecule has 0 aromatic heterocycles. The Morgan fingerprint density at radius 2 is 1.55 bits per heavy atom. The molecule has 5 rings (SSSR count). The highest BCUT2D eigenvalue weighted by molar-refractivity contribution is 5.80. The molecule has 3 aromatic rings. The van der Waals surface area contributed by atoms with E-state index in [2.05, 4.69) is 0 Å². The Kier molecular flexibility index (Phi) is 5.55. The van der Waals surface area contributed by atoms with Crippen LogP contribution in [0.3, 0.4) is 0 Å². The number of aliphatic hydroxyl groups excluding tert-OH is 1. The Morgan fingerprint density at radius 3 is 2.12 bits per heavy atom. The van der Waals surface area contributed by atoms with Crippen molar-refractivity contribution in [3.8, 4) is 11.1 Å². The van der Waals surface area contributed by atoms with E-state index >= 15 is 0 Å². The summed E-state index contributed by atoms with van der Waals surface area (Å²) in [4.78, 5) is 14.7. The summed E-state index contributed by atoms with van der Waals surface area (Å²) in [5.41, 5.74) is 3.54. The summed E-state index contributed by atoms with van der Waals surface area (Å²) in [5, 5.41) is 9.87. The van der Waals surface area contributed by atoms with Crippen LogP contribution in [0.2, 0.25) is 0 Å². The zero-order valence-corrected chi connectivity index (χ0v) is 17.4. The van der Waals surface area contributed by atoms with Gasteiger partial charge in [-0.25, -0.2) is 18.0 Å². The lowest BCUT2D eigenvalue weighted by Gasteiger charge is -2.41. The number of carbonyl (C=O) groups excluding carboxylic acids is 1. The van der Waals surface area contributed by atoms with Crippen LogP contribution in [0.4, 0.5) is 18.0 Å². The van der Waals surface area contributed by atoms with Crippen LogP contribution in [-0.4, -0.2) is 42.0 Å². The van der Waals surface area contributed by atoms with Gasteiger partial charge in [0.1, 0.15) is 0 Å². The minimum absolute atomic E-state index is 0.00808. The van der Waals surface area contributed by atoms with Crippen molar-refractivity contribution in [2.45, 2.75) is 18.2 Å². The van der Waals surface area contributed by atoms with E-state index in [0.29, 0.717) is 0 Å². The minimum Gasteiger partial charge on any atom is -0.436 e. The lowest BCUT2D eigenvalue weighted by atomic mass is 10.0. The van der Waals surface area contributed by atoms with Crippen LogP contribution < -0.4 is 0 Å². The van der Waals surface area contributed by atoms with Gasteiger partial charge < -0.3 is 14.6 Å². The topological polar surface area (TPSA) is 59.0 Å². The van der Waals surface area contributed by atoms with E-state index in [4.69, 9.17) is 9.47 Å². The lowest BCUT2D eigenvalue weighted by molar-refractivity contribution is -0.0638. The van der Waals surface area contributed by atoms with Crippen LogP contribution in [0, 0.1) is 17.5 Å². The van der Waals surface area contributed by atoms with Gasteiger partial charge in [-0.1, -0.05) is 48.5 Å². The van der Waals surface area contributed by atoms with E-state index < -0.39 is 48.3 Å². The highest BCUT2D eigenvalue weighted by Gasteiger charge is 2.40. The number of rotatable bonds is 3. The number of fused-ring (bicyclic) bond motifs is 3. The van der Waals surface area contributed by atoms with Gasteiger partial charge in [0.15, 0.2) is 23.6 Å². The van der Waals surface area contributed by atoms with Crippen molar-refractivity contribution in [1.29, 1.82) is 0 Å². The lowest BCUT2D eigenvalue weighted by Crippen LogP contribution is -2.52. The van der Waals surface area contributed by atoms with Crippen LogP contribution in [0.5, 0.6) is 0 Å². The first kappa shape index (κ1) is 21.5. The average molecular weight is 455 g/mol. The van der Waals surface area contributed by atoms with E-state index in [-0.39, 0.29) is 18.8 Å². The van der Waals surface area contributed by atoms with Gasteiger partial charge in [-0.05, 0) is 28.8 Å². The number of aliphatic hydroxyl groups is 1. The zero-order chi connectivity index (χ0) is 23.1. The van der Waals surface area contributed by atoms with Crippen LogP contribution in [0.1, 0.15) is 28.8 Å². The van der Waals surface area contributed by atoms with Gasteiger partial charge in [0.25, 0.3) is 0 Å². The fourth-order valence-electron chi connectivity index (χ4n) is 4.57. The van der Waals surface area contributed by atoms with Gasteiger partial charge in [0.05, 0.1) is 31.9 Å². The molecule has 8 heteroatoms. The van der Waals surface area contributed by atoms with Crippen molar-refractivity contribution in [2.24, 2.45) is 0 Å². The van der Waals surface area contributed by atoms with Crippen molar-refractivity contribution in [1.82, 2.24) is 4.90 Å². The predicted molar refractivity (Wildman–Crippen MR) is 113 cm³/mol. The Balaban J connectivity index is 1.50. The molecule has 1 heterocycles. The number of ether oxygens (including phenoxy) is 2. The van der Waals surface area contributed by atoms with Crippen molar-refractivity contribution < 1.29 is 32.5 Å². The van der Waals surface area contributed by atoms with Crippen molar-refractivity contribution >= 4 is 6.09 Å². The van der Waals surface area contributed by atoms with Gasteiger partial charge in [0.2, 0.25) is 0 Å². The molecule has 2 aliphatic rings. The minimum atomic E-state index is -1.59. The largest absolute Gasteiger partial charge is 0.436 e. The molecule has 1 aliphatic carbocycles. The SMILES string of the molecule is O=C(OC1c2ccccc2-c2ccccc21)N1[C@@H](CO)COC[C@H]1c1cc(F)c(F)c(F)c1. The van der Waals surface area contributed by atoms with Crippen LogP contribution in [0.15, 0.2) is 60.7 Å². The predicted octanol–water partition coefficient (Wildman–Crippen LogP) is 4.74. The van der Waals surface area contributed by atoms with E-state index in [1.807, 2.05) is 48.5 Å². The second kappa shape index (κ2) is 8.53. The standard InChI is InChI=1S/C25H20F3NO4/c26-20-9-14(10-21(27)23(20)28)22-13-32-12-15(11-30)29(22)25(31)33-24-18-7-3-1-5-16(18)17-6-2-4-8-19(17)24/h1-10,15,22,24,30H,11-13H2/t15-,22-/m0/s1. The van der Waals surface area contributed by atoms with Crippen molar-refractivity contribution in [2.75, 3.05) is 19.8 Å². The number of nitrogens with zero attached hydrogens (tertiary/aromatic N) is 1. The molecule has 3 aromatic carbocycles. The summed E-state index contributed by atoms with van der Waals surface area (Å²) in [6.45, 7) is -0.518. The number of benzene rings is 3. The maximum atomic E-state index is 13.9.